The van der Waals surface area contributed by atoms with E-state index in [4.69, 9.17) is 32.7 Å². The van der Waals surface area contributed by atoms with Gasteiger partial charge in [-0.15, -0.1) is 0 Å². The Hall–Kier alpha value is -0.480. The molecule has 0 bridgehead atoms. The molecule has 0 radical (unpaired) electrons. The molecule has 1 aromatic carbocycles. The maximum absolute atomic E-state index is 6.19. The van der Waals surface area contributed by atoms with Crippen LogP contribution in [0.2, 0.25) is 10.0 Å². The summed E-state index contributed by atoms with van der Waals surface area (Å²) in [5.74, 6) is 0.614. The third kappa shape index (κ3) is 4.26. The molecule has 5 heteroatoms. The van der Waals surface area contributed by atoms with Gasteiger partial charge < -0.3 is 9.47 Å². The highest BCUT2D eigenvalue weighted by Gasteiger charge is 2.25. The summed E-state index contributed by atoms with van der Waals surface area (Å²) in [6, 6.07) is 5.44. The summed E-state index contributed by atoms with van der Waals surface area (Å²) in [5.41, 5.74) is 0. The molecular weight excluding hydrogens is 297 g/mol. The van der Waals surface area contributed by atoms with Gasteiger partial charge in [-0.1, -0.05) is 29.3 Å². The molecule has 20 heavy (non-hydrogen) atoms. The monoisotopic (exact) mass is 317 g/mol. The molecule has 0 N–H and O–H groups in total. The van der Waals surface area contributed by atoms with Crippen LogP contribution in [0.25, 0.3) is 0 Å². The summed E-state index contributed by atoms with van der Waals surface area (Å²) >= 11 is 12.2. The lowest BCUT2D eigenvalue weighted by atomic mass is 10.3. The van der Waals surface area contributed by atoms with Gasteiger partial charge in [-0.3, -0.25) is 4.90 Å². The van der Waals surface area contributed by atoms with E-state index in [1.807, 2.05) is 26.0 Å². The van der Waals surface area contributed by atoms with Gasteiger partial charge in [0.05, 0.1) is 17.7 Å². The summed E-state index contributed by atoms with van der Waals surface area (Å²) in [6.07, 6.45) is 2.46. The quantitative estimate of drug-likeness (QED) is 0.784. The van der Waals surface area contributed by atoms with Gasteiger partial charge in [-0.05, 0) is 38.8 Å². The molecule has 0 saturated carbocycles. The molecule has 1 aliphatic heterocycles. The lowest BCUT2D eigenvalue weighted by molar-refractivity contribution is -0.0498. The minimum atomic E-state index is -0.115. The second kappa shape index (κ2) is 7.51. The van der Waals surface area contributed by atoms with E-state index in [9.17, 15) is 0 Å². The van der Waals surface area contributed by atoms with Crippen molar-refractivity contribution in [2.24, 2.45) is 0 Å². The fourth-order valence-electron chi connectivity index (χ4n) is 2.24. The molecule has 0 aliphatic carbocycles. The van der Waals surface area contributed by atoms with E-state index in [-0.39, 0.29) is 12.3 Å². The highest BCUT2D eigenvalue weighted by atomic mass is 35.5. The molecule has 0 aromatic heterocycles. The van der Waals surface area contributed by atoms with Crippen molar-refractivity contribution in [1.82, 2.24) is 4.90 Å². The molecule has 0 amide bonds. The highest BCUT2D eigenvalue weighted by Crippen LogP contribution is 2.32. The minimum absolute atomic E-state index is 0.115. The number of halogens is 2. The van der Waals surface area contributed by atoms with E-state index in [0.717, 1.165) is 13.1 Å². The second-order valence-corrected chi connectivity index (χ2v) is 6.03. The van der Waals surface area contributed by atoms with E-state index >= 15 is 0 Å². The van der Waals surface area contributed by atoms with E-state index in [2.05, 4.69) is 4.90 Å². The van der Waals surface area contributed by atoms with Crippen LogP contribution >= 0.6 is 23.2 Å². The van der Waals surface area contributed by atoms with E-state index < -0.39 is 0 Å². The van der Waals surface area contributed by atoms with Crippen molar-refractivity contribution in [3.05, 3.63) is 28.2 Å². The fourth-order valence-corrected chi connectivity index (χ4v) is 2.58. The normalized spacial score (nSPS) is 17.6. The maximum atomic E-state index is 6.19. The first-order valence-corrected chi connectivity index (χ1v) is 7.80. The SMILES string of the molecule is CC(C)OCC(Oc1cccc(Cl)c1Cl)N1CCCC1. The lowest BCUT2D eigenvalue weighted by Crippen LogP contribution is -2.41. The Kier molecular flexibility index (Phi) is 5.97. The first kappa shape index (κ1) is 15.9. The third-order valence-electron chi connectivity index (χ3n) is 3.30. The Morgan fingerprint density at radius 3 is 2.55 bits per heavy atom. The number of benzene rings is 1. The molecule has 1 aliphatic rings. The number of ether oxygens (including phenoxy) is 2. The third-order valence-corrected chi connectivity index (χ3v) is 4.10. The van der Waals surface area contributed by atoms with E-state index in [1.165, 1.54) is 12.8 Å². The largest absolute Gasteiger partial charge is 0.471 e. The zero-order valence-corrected chi connectivity index (χ0v) is 13.5. The van der Waals surface area contributed by atoms with Crippen molar-refractivity contribution in [2.45, 2.75) is 39.0 Å². The number of hydrogen-bond donors (Lipinski definition) is 0. The van der Waals surface area contributed by atoms with Crippen molar-refractivity contribution < 1.29 is 9.47 Å². The molecule has 1 unspecified atom stereocenters. The Morgan fingerprint density at radius 1 is 1.20 bits per heavy atom. The summed E-state index contributed by atoms with van der Waals surface area (Å²) in [6.45, 7) is 6.63. The van der Waals surface area contributed by atoms with Crippen molar-refractivity contribution >= 4 is 23.2 Å². The van der Waals surface area contributed by atoms with Crippen LogP contribution in [0.15, 0.2) is 18.2 Å². The molecule has 112 valence electrons. The van der Waals surface area contributed by atoms with Gasteiger partial charge in [0.2, 0.25) is 0 Å². The lowest BCUT2D eigenvalue weighted by Gasteiger charge is -2.29. The van der Waals surface area contributed by atoms with Crippen molar-refractivity contribution in [3.8, 4) is 5.75 Å². The minimum Gasteiger partial charge on any atom is -0.471 e. The van der Waals surface area contributed by atoms with E-state index in [0.29, 0.717) is 22.4 Å². The van der Waals surface area contributed by atoms with Gasteiger partial charge in [0.15, 0.2) is 6.23 Å². The fraction of sp³-hybridized carbons (Fsp3) is 0.600. The molecule has 1 atom stereocenters. The molecule has 3 nitrogen and oxygen atoms in total. The number of likely N-dealkylation sites (tertiary alicyclic amines) is 1. The standard InChI is InChI=1S/C15H21Cl2NO2/c1-11(2)19-10-14(18-8-3-4-9-18)20-13-7-5-6-12(16)15(13)17/h5-7,11,14H,3-4,8-10H2,1-2H3. The molecule has 1 saturated heterocycles. The van der Waals surface area contributed by atoms with Gasteiger partial charge in [0.25, 0.3) is 0 Å². The highest BCUT2D eigenvalue weighted by molar-refractivity contribution is 6.42. The van der Waals surface area contributed by atoms with Gasteiger partial charge in [0.1, 0.15) is 10.8 Å². The average molecular weight is 318 g/mol. The molecular formula is C15H21Cl2NO2. The summed E-state index contributed by atoms with van der Waals surface area (Å²) in [7, 11) is 0. The van der Waals surface area contributed by atoms with Crippen LogP contribution in [-0.4, -0.2) is 36.9 Å². The molecule has 1 aromatic rings. The topological polar surface area (TPSA) is 21.7 Å². The zero-order valence-electron chi connectivity index (χ0n) is 11.9. The molecule has 1 fully saturated rings. The van der Waals surface area contributed by atoms with Crippen LogP contribution in [0, 0.1) is 0 Å². The maximum Gasteiger partial charge on any atom is 0.176 e. The Morgan fingerprint density at radius 2 is 1.90 bits per heavy atom. The number of nitrogens with zero attached hydrogens (tertiary/aromatic N) is 1. The Balaban J connectivity index is 2.07. The number of hydrogen-bond acceptors (Lipinski definition) is 3. The van der Waals surface area contributed by atoms with Crippen LogP contribution in [0.4, 0.5) is 0 Å². The van der Waals surface area contributed by atoms with Crippen LogP contribution in [0.1, 0.15) is 26.7 Å². The second-order valence-electron chi connectivity index (χ2n) is 5.25. The van der Waals surface area contributed by atoms with Crippen LogP contribution in [0.3, 0.4) is 0 Å². The predicted molar refractivity (Wildman–Crippen MR) is 82.8 cm³/mol. The molecule has 2 rings (SSSR count). The molecule has 0 spiro atoms. The average Bonchev–Trinajstić information content (AvgIpc) is 2.93. The van der Waals surface area contributed by atoms with Crippen molar-refractivity contribution in [3.63, 3.8) is 0 Å². The van der Waals surface area contributed by atoms with Gasteiger partial charge >= 0.3 is 0 Å². The smallest absolute Gasteiger partial charge is 0.176 e. The zero-order chi connectivity index (χ0) is 14.5. The van der Waals surface area contributed by atoms with Crippen LogP contribution in [-0.2, 0) is 4.74 Å². The van der Waals surface area contributed by atoms with E-state index in [1.54, 1.807) is 6.07 Å². The van der Waals surface area contributed by atoms with Crippen molar-refractivity contribution in [2.75, 3.05) is 19.7 Å². The summed E-state index contributed by atoms with van der Waals surface area (Å²) in [5, 5.41) is 0.969. The van der Waals surface area contributed by atoms with Gasteiger partial charge in [-0.25, -0.2) is 0 Å². The first-order valence-electron chi connectivity index (χ1n) is 7.04. The predicted octanol–water partition coefficient (Wildman–Crippen LogP) is 4.22. The summed E-state index contributed by atoms with van der Waals surface area (Å²) < 4.78 is 11.8. The molecule has 1 heterocycles. The Labute approximate surface area is 130 Å². The van der Waals surface area contributed by atoms with Crippen LogP contribution in [0.5, 0.6) is 5.75 Å². The van der Waals surface area contributed by atoms with Gasteiger partial charge in [0, 0.05) is 13.1 Å². The summed E-state index contributed by atoms with van der Waals surface area (Å²) in [4.78, 5) is 2.29. The first-order chi connectivity index (χ1) is 9.58. The van der Waals surface area contributed by atoms with Gasteiger partial charge in [-0.2, -0.15) is 0 Å². The van der Waals surface area contributed by atoms with Crippen molar-refractivity contribution in [1.29, 1.82) is 0 Å². The Bertz CT molecular complexity index is 434. The van der Waals surface area contributed by atoms with Crippen LogP contribution < -0.4 is 4.74 Å². The number of rotatable bonds is 6.